The number of piperazine rings is 1. The lowest BCUT2D eigenvalue weighted by Gasteiger charge is -2.40. The van der Waals surface area contributed by atoms with Gasteiger partial charge in [0, 0.05) is 58.1 Å². The number of nitrogens with two attached hydrogens (primary N) is 1. The Labute approximate surface area is 239 Å². The van der Waals surface area contributed by atoms with Crippen LogP contribution in [0.3, 0.4) is 0 Å². The predicted octanol–water partition coefficient (Wildman–Crippen LogP) is 0.825. The Bertz CT molecular complexity index is 1520. The van der Waals surface area contributed by atoms with Gasteiger partial charge in [-0.05, 0) is 6.92 Å². The third-order valence-electron chi connectivity index (χ3n) is 6.45. The number of carbonyl (C=O) groups excluding carboxylic acids is 1. The number of morpholine rings is 1. The van der Waals surface area contributed by atoms with Crippen LogP contribution in [0.5, 0.6) is 0 Å². The molecule has 2 saturated heterocycles. The number of ether oxygens (including phenoxy) is 1. The van der Waals surface area contributed by atoms with Gasteiger partial charge in [0.05, 0.1) is 25.0 Å². The van der Waals surface area contributed by atoms with E-state index >= 15 is 0 Å². The number of imidazole rings is 1. The molecule has 2 aliphatic rings. The molecule has 0 unspecified atom stereocenters. The number of anilines is 3. The highest BCUT2D eigenvalue weighted by molar-refractivity contribution is 7.85. The van der Waals surface area contributed by atoms with Crippen molar-refractivity contribution in [2.24, 2.45) is 0 Å². The lowest BCUT2D eigenvalue weighted by atomic mass is 10.2. The van der Waals surface area contributed by atoms with Crippen LogP contribution in [0.1, 0.15) is 13.8 Å². The summed E-state index contributed by atoms with van der Waals surface area (Å²) >= 11 is 0. The van der Waals surface area contributed by atoms with E-state index in [-0.39, 0.29) is 40.8 Å². The number of carbonyl (C=O) groups is 1. The van der Waals surface area contributed by atoms with Crippen LogP contribution in [0, 0.1) is 0 Å². The molecule has 2 aliphatic heterocycles. The summed E-state index contributed by atoms with van der Waals surface area (Å²) in [6.07, 6.45) is -0.946. The van der Waals surface area contributed by atoms with Crippen LogP contribution >= 0.6 is 0 Å². The first-order chi connectivity index (χ1) is 19.6. The zero-order valence-corrected chi connectivity index (χ0v) is 23.9. The molecule has 1 atom stereocenters. The van der Waals surface area contributed by atoms with Crippen LogP contribution < -0.4 is 15.5 Å². The first kappa shape index (κ1) is 31.1. The van der Waals surface area contributed by atoms with E-state index < -0.39 is 22.8 Å². The maximum absolute atomic E-state index is 13.8. The maximum atomic E-state index is 13.8. The van der Waals surface area contributed by atoms with Gasteiger partial charge in [0.25, 0.3) is 10.1 Å². The van der Waals surface area contributed by atoms with E-state index in [1.807, 2.05) is 11.8 Å². The lowest BCUT2D eigenvalue weighted by molar-refractivity contribution is -0.139. The van der Waals surface area contributed by atoms with Crippen molar-refractivity contribution in [1.29, 1.82) is 0 Å². The van der Waals surface area contributed by atoms with Crippen LogP contribution in [-0.2, 0) is 26.2 Å². The van der Waals surface area contributed by atoms with Crippen molar-refractivity contribution in [3.63, 3.8) is 0 Å². The number of hydrogen-bond donors (Lipinski definition) is 2. The summed E-state index contributed by atoms with van der Waals surface area (Å²) in [6, 6.07) is -0.197. The molecule has 3 aromatic rings. The molecule has 1 amide bonds. The van der Waals surface area contributed by atoms with Crippen molar-refractivity contribution < 1.29 is 35.7 Å². The number of amides is 1. The summed E-state index contributed by atoms with van der Waals surface area (Å²) in [5, 5.41) is 0. The van der Waals surface area contributed by atoms with Gasteiger partial charge in [-0.1, -0.05) is 0 Å². The SMILES string of the molecule is CC(=O)N1CCN(c2nc3c(N4CCOCC4)nc(-c4cnc(N)nc4)nc3n2CC(F)(F)F)C[C@@H]1C.CS(=O)(=O)O. The molecule has 0 bridgehead atoms. The molecule has 42 heavy (non-hydrogen) atoms. The first-order valence-corrected chi connectivity index (χ1v) is 14.7. The molecule has 230 valence electrons. The summed E-state index contributed by atoms with van der Waals surface area (Å²) in [7, 11) is -3.67. The molecule has 0 spiro atoms. The summed E-state index contributed by atoms with van der Waals surface area (Å²) in [5.41, 5.74) is 6.34. The van der Waals surface area contributed by atoms with Gasteiger partial charge in [-0.25, -0.2) is 24.9 Å². The molecule has 2 fully saturated rings. The fraction of sp³-hybridized carbons (Fsp3) is 0.565. The van der Waals surface area contributed by atoms with E-state index in [2.05, 4.69) is 24.9 Å². The largest absolute Gasteiger partial charge is 0.406 e. The zero-order chi connectivity index (χ0) is 30.8. The number of nitrogens with zero attached hydrogens (tertiary/aromatic N) is 9. The van der Waals surface area contributed by atoms with Gasteiger partial charge >= 0.3 is 6.18 Å². The smallest absolute Gasteiger partial charge is 0.378 e. The fourth-order valence-corrected chi connectivity index (χ4v) is 4.73. The molecule has 15 nitrogen and oxygen atoms in total. The molecule has 5 heterocycles. The van der Waals surface area contributed by atoms with Gasteiger partial charge in [0.1, 0.15) is 6.54 Å². The number of hydrogen-bond acceptors (Lipinski definition) is 12. The average molecular weight is 617 g/mol. The molecule has 0 aromatic carbocycles. The van der Waals surface area contributed by atoms with Gasteiger partial charge in [-0.2, -0.15) is 21.6 Å². The summed E-state index contributed by atoms with van der Waals surface area (Å²) in [6.45, 7) is 5.02. The highest BCUT2D eigenvalue weighted by Crippen LogP contribution is 2.34. The van der Waals surface area contributed by atoms with Crippen LogP contribution in [0.25, 0.3) is 22.6 Å². The second-order valence-corrected chi connectivity index (χ2v) is 11.3. The Hall–Kier alpha value is -3.84. The molecular formula is C23H31F3N10O5S. The first-order valence-electron chi connectivity index (χ1n) is 12.8. The number of aromatic nitrogens is 6. The van der Waals surface area contributed by atoms with Crippen molar-refractivity contribution >= 4 is 44.9 Å². The van der Waals surface area contributed by atoms with Crippen LogP contribution in [0.4, 0.5) is 30.9 Å². The molecule has 3 aromatic heterocycles. The van der Waals surface area contributed by atoms with E-state index in [9.17, 15) is 26.4 Å². The van der Waals surface area contributed by atoms with Gasteiger partial charge in [0.2, 0.25) is 17.8 Å². The van der Waals surface area contributed by atoms with Crippen LogP contribution in [-0.4, -0.2) is 118 Å². The topological polar surface area (TPSA) is 186 Å². The minimum Gasteiger partial charge on any atom is -0.378 e. The molecule has 5 rings (SSSR count). The van der Waals surface area contributed by atoms with E-state index in [0.29, 0.717) is 63.6 Å². The van der Waals surface area contributed by atoms with Gasteiger partial charge < -0.3 is 25.2 Å². The average Bonchev–Trinajstić information content (AvgIpc) is 3.24. The quantitative estimate of drug-likeness (QED) is 0.393. The van der Waals surface area contributed by atoms with Crippen molar-refractivity contribution in [3.8, 4) is 11.4 Å². The van der Waals surface area contributed by atoms with Crippen molar-refractivity contribution in [2.45, 2.75) is 32.6 Å². The van der Waals surface area contributed by atoms with E-state index in [4.69, 9.17) is 15.0 Å². The minimum absolute atomic E-state index is 0.0530. The molecule has 0 aliphatic carbocycles. The standard InChI is InChI=1S/C22H27F3N10O2.CH4O3S/c1-13-11-33(3-4-34(13)14(2)36)21-29-16-18(32-5-7-37-8-6-32)30-17(15-9-27-20(26)28-10-15)31-19(16)35(21)12-22(23,24)25;1-5(2,3)4/h9-10,13H,3-8,11-12H2,1-2H3,(H2,26,27,28);1H3,(H,2,3,4)/t13-;/m0./s1. The monoisotopic (exact) mass is 616 g/mol. The second-order valence-electron chi connectivity index (χ2n) is 9.83. The van der Waals surface area contributed by atoms with E-state index in [0.717, 1.165) is 4.57 Å². The van der Waals surface area contributed by atoms with E-state index in [1.165, 1.54) is 19.3 Å². The Balaban J connectivity index is 0.000000748. The molecule has 3 N–H and O–H groups in total. The maximum Gasteiger partial charge on any atom is 0.406 e. The van der Waals surface area contributed by atoms with Crippen molar-refractivity contribution in [2.75, 3.05) is 67.7 Å². The van der Waals surface area contributed by atoms with Gasteiger partial charge in [-0.15, -0.1) is 0 Å². The van der Waals surface area contributed by atoms with Crippen LogP contribution in [0.2, 0.25) is 0 Å². The summed E-state index contributed by atoms with van der Waals surface area (Å²) < 4.78 is 73.9. The summed E-state index contributed by atoms with van der Waals surface area (Å²) in [5.74, 6) is 0.696. The van der Waals surface area contributed by atoms with Crippen molar-refractivity contribution in [1.82, 2.24) is 34.4 Å². The molecule has 0 radical (unpaired) electrons. The number of alkyl halides is 3. The molecule has 19 heteroatoms. The normalized spacial score (nSPS) is 18.2. The number of rotatable bonds is 4. The number of nitrogen functional groups attached to an aromatic ring is 1. The van der Waals surface area contributed by atoms with Crippen molar-refractivity contribution in [3.05, 3.63) is 12.4 Å². The Morgan fingerprint density at radius 2 is 1.71 bits per heavy atom. The minimum atomic E-state index is -4.52. The third kappa shape index (κ3) is 7.71. The van der Waals surface area contributed by atoms with E-state index in [1.54, 1.807) is 9.80 Å². The second kappa shape index (κ2) is 12.2. The third-order valence-corrected chi connectivity index (χ3v) is 6.45. The lowest BCUT2D eigenvalue weighted by Crippen LogP contribution is -2.54. The fourth-order valence-electron chi connectivity index (χ4n) is 4.73. The molecular weight excluding hydrogens is 585 g/mol. The Morgan fingerprint density at radius 3 is 2.26 bits per heavy atom. The Morgan fingerprint density at radius 1 is 1.10 bits per heavy atom. The highest BCUT2D eigenvalue weighted by Gasteiger charge is 2.35. The number of fused-ring (bicyclic) bond motifs is 1. The highest BCUT2D eigenvalue weighted by atomic mass is 32.2. The van der Waals surface area contributed by atoms with Crippen LogP contribution in [0.15, 0.2) is 12.4 Å². The van der Waals surface area contributed by atoms with Gasteiger partial charge in [0.15, 0.2) is 22.8 Å². The predicted molar refractivity (Wildman–Crippen MR) is 146 cm³/mol. The number of halogens is 3. The van der Waals surface area contributed by atoms with Gasteiger partial charge in [-0.3, -0.25) is 13.9 Å². The summed E-state index contributed by atoms with van der Waals surface area (Å²) in [4.78, 5) is 39.2. The Kier molecular flexibility index (Phi) is 9.02. The zero-order valence-electron chi connectivity index (χ0n) is 23.1. The molecule has 0 saturated carbocycles.